The number of nitrogens with one attached hydrogen (secondary N) is 1. The number of hydrogen-bond donors (Lipinski definition) is 1. The van der Waals surface area contributed by atoms with Gasteiger partial charge in [0.15, 0.2) is 0 Å². The molecule has 9 heteroatoms. The summed E-state index contributed by atoms with van der Waals surface area (Å²) in [5.74, 6) is -0.223. The summed E-state index contributed by atoms with van der Waals surface area (Å²) >= 11 is 0. The van der Waals surface area contributed by atoms with Crippen LogP contribution in [0.15, 0.2) is 24.3 Å². The summed E-state index contributed by atoms with van der Waals surface area (Å²) in [6.07, 6.45) is -5.18. The van der Waals surface area contributed by atoms with Crippen molar-refractivity contribution in [1.82, 2.24) is 10.2 Å². The van der Waals surface area contributed by atoms with E-state index in [1.807, 2.05) is 4.90 Å². The van der Waals surface area contributed by atoms with Gasteiger partial charge < -0.3 is 10.1 Å². The molecule has 1 fully saturated rings. The van der Waals surface area contributed by atoms with Gasteiger partial charge in [0.25, 0.3) is 0 Å². The third-order valence-corrected chi connectivity index (χ3v) is 3.52. The second kappa shape index (κ2) is 10.1. The van der Waals surface area contributed by atoms with E-state index in [0.717, 1.165) is 0 Å². The lowest BCUT2D eigenvalue weighted by atomic mass is 10.0. The number of alkyl halides is 3. The van der Waals surface area contributed by atoms with Crippen molar-refractivity contribution >= 4 is 30.8 Å². The third kappa shape index (κ3) is 7.25. The van der Waals surface area contributed by atoms with Gasteiger partial charge in [-0.15, -0.1) is 24.8 Å². The molecule has 1 aromatic rings. The van der Waals surface area contributed by atoms with Crippen molar-refractivity contribution in [3.05, 3.63) is 29.8 Å². The molecule has 1 aliphatic rings. The van der Waals surface area contributed by atoms with Crippen LogP contribution in [0.25, 0.3) is 0 Å². The highest BCUT2D eigenvalue weighted by atomic mass is 35.5. The molecule has 0 aromatic heterocycles. The van der Waals surface area contributed by atoms with Crippen LogP contribution in [0.5, 0.6) is 5.75 Å². The number of benzene rings is 1. The Balaban J connectivity index is 0.00000264. The molecule has 0 amide bonds. The van der Waals surface area contributed by atoms with E-state index in [4.69, 9.17) is 4.74 Å². The molecule has 24 heavy (non-hydrogen) atoms. The maximum Gasteiger partial charge on any atom is 0.390 e. The van der Waals surface area contributed by atoms with Gasteiger partial charge in [-0.25, -0.2) is 0 Å². The zero-order valence-electron chi connectivity index (χ0n) is 13.1. The molecule has 1 heterocycles. The monoisotopic (exact) mass is 388 g/mol. The molecule has 1 aliphatic heterocycles. The van der Waals surface area contributed by atoms with Crippen LogP contribution in [-0.4, -0.2) is 43.2 Å². The van der Waals surface area contributed by atoms with Crippen LogP contribution in [-0.2, 0) is 4.79 Å². The van der Waals surface area contributed by atoms with Crippen LogP contribution in [0.4, 0.5) is 13.2 Å². The first kappa shape index (κ1) is 23.0. The fourth-order valence-electron chi connectivity index (χ4n) is 2.62. The lowest BCUT2D eigenvalue weighted by molar-refractivity contribution is -0.148. The number of hydrogen-bond acceptors (Lipinski definition) is 4. The molecular weight excluding hydrogens is 368 g/mol. The maximum atomic E-state index is 12.9. The zero-order chi connectivity index (χ0) is 16.2. The molecule has 1 aromatic carbocycles. The lowest BCUT2D eigenvalue weighted by Gasteiger charge is -2.35. The minimum atomic E-state index is -4.26. The molecule has 0 unspecified atom stereocenters. The van der Waals surface area contributed by atoms with Gasteiger partial charge in [-0.2, -0.15) is 13.2 Å². The van der Waals surface area contributed by atoms with E-state index in [1.54, 1.807) is 18.2 Å². The van der Waals surface area contributed by atoms with E-state index in [-0.39, 0.29) is 30.6 Å². The summed E-state index contributed by atoms with van der Waals surface area (Å²) in [6, 6.07) is 5.57. The third-order valence-electron chi connectivity index (χ3n) is 3.52. The first-order chi connectivity index (χ1) is 10.3. The van der Waals surface area contributed by atoms with Crippen LogP contribution in [0.2, 0.25) is 0 Å². The summed E-state index contributed by atoms with van der Waals surface area (Å²) in [5.41, 5.74) is 0.512. The first-order valence-corrected chi connectivity index (χ1v) is 7.15. The molecule has 0 saturated carbocycles. The van der Waals surface area contributed by atoms with Crippen molar-refractivity contribution in [2.24, 2.45) is 0 Å². The lowest BCUT2D eigenvalue weighted by Crippen LogP contribution is -2.46. The van der Waals surface area contributed by atoms with Gasteiger partial charge in [0.05, 0.1) is 6.42 Å². The van der Waals surface area contributed by atoms with E-state index < -0.39 is 24.6 Å². The summed E-state index contributed by atoms with van der Waals surface area (Å²) in [6.45, 7) is 3.70. The Morgan fingerprint density at radius 2 is 1.92 bits per heavy atom. The van der Waals surface area contributed by atoms with Crippen LogP contribution in [0.3, 0.4) is 0 Å². The van der Waals surface area contributed by atoms with Gasteiger partial charge in [0.1, 0.15) is 5.75 Å². The topological polar surface area (TPSA) is 41.6 Å². The minimum Gasteiger partial charge on any atom is -0.427 e. The van der Waals surface area contributed by atoms with Crippen LogP contribution >= 0.6 is 24.8 Å². The highest BCUT2D eigenvalue weighted by Gasteiger charge is 2.36. The van der Waals surface area contributed by atoms with E-state index in [9.17, 15) is 18.0 Å². The van der Waals surface area contributed by atoms with Crippen molar-refractivity contribution in [2.45, 2.75) is 25.6 Å². The van der Waals surface area contributed by atoms with Gasteiger partial charge in [0.2, 0.25) is 0 Å². The van der Waals surface area contributed by atoms with Gasteiger partial charge >= 0.3 is 12.1 Å². The molecule has 2 rings (SSSR count). The number of halogens is 5. The molecular formula is C15H21Cl2F3N2O2. The largest absolute Gasteiger partial charge is 0.427 e. The van der Waals surface area contributed by atoms with Crippen LogP contribution in [0.1, 0.15) is 24.9 Å². The minimum absolute atomic E-state index is 0. The van der Waals surface area contributed by atoms with Crippen LogP contribution in [0, 0.1) is 0 Å². The second-order valence-electron chi connectivity index (χ2n) is 5.29. The molecule has 0 radical (unpaired) electrons. The Labute approximate surface area is 151 Å². The second-order valence-corrected chi connectivity index (χ2v) is 5.29. The standard InChI is InChI=1S/C15H19F3N2O2.2ClH/c1-11(21)22-13-4-2-3-12(9-13)14(10-15(16,17)18)20-7-5-19-6-8-20;;/h2-4,9,14,19H,5-8,10H2,1H3;2*1H/t14-;;/m1../s1. The van der Waals surface area contributed by atoms with Crippen molar-refractivity contribution < 1.29 is 22.7 Å². The smallest absolute Gasteiger partial charge is 0.390 e. The molecule has 1 saturated heterocycles. The summed E-state index contributed by atoms with van der Waals surface area (Å²) in [5, 5.41) is 3.13. The number of ether oxygens (including phenoxy) is 1. The predicted molar refractivity (Wildman–Crippen MR) is 90.1 cm³/mol. The number of piperazine rings is 1. The van der Waals surface area contributed by atoms with Crippen molar-refractivity contribution in [1.29, 1.82) is 0 Å². The fraction of sp³-hybridized carbons (Fsp3) is 0.533. The van der Waals surface area contributed by atoms with Gasteiger partial charge in [0, 0.05) is 39.1 Å². The normalized spacial score (nSPS) is 16.5. The van der Waals surface area contributed by atoms with E-state index >= 15 is 0 Å². The predicted octanol–water partition coefficient (Wildman–Crippen LogP) is 3.35. The molecule has 1 atom stereocenters. The Kier molecular flexibility index (Phi) is 9.65. The van der Waals surface area contributed by atoms with E-state index in [1.165, 1.54) is 13.0 Å². The molecule has 0 bridgehead atoms. The number of rotatable bonds is 4. The number of carbonyl (C=O) groups is 1. The average molecular weight is 389 g/mol. The summed E-state index contributed by atoms with van der Waals surface area (Å²) in [7, 11) is 0. The number of carbonyl (C=O) groups excluding carboxylic acids is 1. The summed E-state index contributed by atoms with van der Waals surface area (Å²) in [4.78, 5) is 12.8. The van der Waals surface area contributed by atoms with Gasteiger partial charge in [-0.3, -0.25) is 9.69 Å². The average Bonchev–Trinajstić information content (AvgIpc) is 2.44. The van der Waals surface area contributed by atoms with Crippen molar-refractivity contribution in [3.63, 3.8) is 0 Å². The Hall–Kier alpha value is -1.02. The zero-order valence-corrected chi connectivity index (χ0v) is 14.8. The Morgan fingerprint density at radius 3 is 2.46 bits per heavy atom. The van der Waals surface area contributed by atoms with Gasteiger partial charge in [-0.1, -0.05) is 12.1 Å². The highest BCUT2D eigenvalue weighted by Crippen LogP contribution is 2.35. The molecule has 1 N–H and O–H groups in total. The maximum absolute atomic E-state index is 12.9. The first-order valence-electron chi connectivity index (χ1n) is 7.15. The number of nitrogens with zero attached hydrogens (tertiary/aromatic N) is 1. The molecule has 138 valence electrons. The van der Waals surface area contributed by atoms with Crippen molar-refractivity contribution in [3.8, 4) is 5.75 Å². The Morgan fingerprint density at radius 1 is 1.29 bits per heavy atom. The van der Waals surface area contributed by atoms with Crippen molar-refractivity contribution in [2.75, 3.05) is 26.2 Å². The SMILES string of the molecule is CC(=O)Oc1cccc([C@@H](CC(F)(F)F)N2CCNCC2)c1.Cl.Cl. The Bertz CT molecular complexity index is 524. The quantitative estimate of drug-likeness (QED) is 0.634. The molecule has 4 nitrogen and oxygen atoms in total. The summed E-state index contributed by atoms with van der Waals surface area (Å²) < 4.78 is 43.8. The van der Waals surface area contributed by atoms with E-state index in [2.05, 4.69) is 5.32 Å². The highest BCUT2D eigenvalue weighted by molar-refractivity contribution is 5.85. The number of esters is 1. The van der Waals surface area contributed by atoms with E-state index in [0.29, 0.717) is 31.7 Å². The van der Waals surface area contributed by atoms with Crippen LogP contribution < -0.4 is 10.1 Å². The fourth-order valence-corrected chi connectivity index (χ4v) is 2.62. The van der Waals surface area contributed by atoms with Gasteiger partial charge in [-0.05, 0) is 17.7 Å². The molecule has 0 spiro atoms. The molecule has 0 aliphatic carbocycles.